The summed E-state index contributed by atoms with van der Waals surface area (Å²) in [5.74, 6) is -1.38. The number of anilines is 1. The van der Waals surface area contributed by atoms with Crippen LogP contribution in [-0.4, -0.2) is 25.0 Å². The summed E-state index contributed by atoms with van der Waals surface area (Å²) in [7, 11) is 1.38. The van der Waals surface area contributed by atoms with Crippen molar-refractivity contribution in [3.63, 3.8) is 0 Å². The maximum Gasteiger partial charge on any atom is 0.335 e. The molecule has 224 valence electrons. The predicted molar refractivity (Wildman–Crippen MR) is 165 cm³/mol. The molecule has 0 atom stereocenters. The van der Waals surface area contributed by atoms with Crippen LogP contribution < -0.4 is 24.4 Å². The summed E-state index contributed by atoms with van der Waals surface area (Å²) in [4.78, 5) is 39.6. The van der Waals surface area contributed by atoms with E-state index in [0.29, 0.717) is 26.9 Å². The molecule has 4 aromatic carbocycles. The number of nitrogens with one attached hydrogen (secondary N) is 1. The summed E-state index contributed by atoms with van der Waals surface area (Å²) in [6.07, 6.45) is 1.28. The lowest BCUT2D eigenvalue weighted by atomic mass is 10.1. The average Bonchev–Trinajstić information content (AvgIpc) is 2.99. The average molecular weight is 656 g/mol. The second-order valence-corrected chi connectivity index (χ2v) is 10.6. The standard InChI is InChI=1S/C32H22Cl3FN2O6/c1-42-28-14-18(13-26(35)29(28)44-17-20-4-2-3-5-27(20)36)12-24-30(39)37-32(41)38(31(24)40)22-8-10-23(11-9-22)43-16-19-6-7-21(33)15-25(19)34/h2-15H,16-17H2,1H3,(H,37,39,41)/b24-12+. The van der Waals surface area contributed by atoms with Crippen molar-refractivity contribution in [1.29, 1.82) is 0 Å². The molecule has 0 radical (unpaired) electrons. The van der Waals surface area contributed by atoms with Gasteiger partial charge < -0.3 is 14.2 Å². The molecule has 4 aromatic rings. The number of imide groups is 2. The van der Waals surface area contributed by atoms with Crippen molar-refractivity contribution in [2.45, 2.75) is 13.2 Å². The summed E-state index contributed by atoms with van der Waals surface area (Å²) in [6.45, 7) is 0.0543. The molecule has 44 heavy (non-hydrogen) atoms. The molecule has 0 aliphatic carbocycles. The first-order valence-corrected chi connectivity index (χ1v) is 14.1. The number of amides is 4. The van der Waals surface area contributed by atoms with Gasteiger partial charge in [-0.3, -0.25) is 14.9 Å². The monoisotopic (exact) mass is 654 g/mol. The Labute approximate surface area is 266 Å². The Morgan fingerprint density at radius 3 is 2.27 bits per heavy atom. The molecule has 5 rings (SSSR count). The van der Waals surface area contributed by atoms with Gasteiger partial charge in [-0.15, -0.1) is 0 Å². The third-order valence-electron chi connectivity index (χ3n) is 6.50. The van der Waals surface area contributed by atoms with Crippen LogP contribution >= 0.6 is 34.8 Å². The van der Waals surface area contributed by atoms with E-state index in [1.807, 2.05) is 0 Å². The van der Waals surface area contributed by atoms with Crippen molar-refractivity contribution in [3.8, 4) is 17.2 Å². The summed E-state index contributed by atoms with van der Waals surface area (Å²) in [5, 5.41) is 3.23. The number of rotatable bonds is 9. The highest BCUT2D eigenvalue weighted by Crippen LogP contribution is 2.38. The van der Waals surface area contributed by atoms with E-state index in [1.165, 1.54) is 43.5 Å². The van der Waals surface area contributed by atoms with Gasteiger partial charge in [0.2, 0.25) is 0 Å². The largest absolute Gasteiger partial charge is 0.493 e. The Hall–Kier alpha value is -4.57. The molecule has 0 aromatic heterocycles. The van der Waals surface area contributed by atoms with Crippen LogP contribution in [0.3, 0.4) is 0 Å². The smallest absolute Gasteiger partial charge is 0.335 e. The van der Waals surface area contributed by atoms with Gasteiger partial charge in [0.15, 0.2) is 11.5 Å². The minimum Gasteiger partial charge on any atom is -0.493 e. The van der Waals surface area contributed by atoms with E-state index in [0.717, 1.165) is 10.5 Å². The molecule has 0 bridgehead atoms. The number of nitrogens with zero attached hydrogens (tertiary/aromatic N) is 1. The van der Waals surface area contributed by atoms with E-state index in [1.54, 1.807) is 48.5 Å². The van der Waals surface area contributed by atoms with Gasteiger partial charge in [-0.1, -0.05) is 59.1 Å². The number of halogens is 4. The van der Waals surface area contributed by atoms with Crippen molar-refractivity contribution in [1.82, 2.24) is 5.32 Å². The van der Waals surface area contributed by atoms with Crippen LogP contribution in [0.5, 0.6) is 17.2 Å². The number of methoxy groups -OCH3 is 1. The molecule has 4 amide bonds. The van der Waals surface area contributed by atoms with Crippen molar-refractivity contribution >= 4 is 64.4 Å². The predicted octanol–water partition coefficient (Wildman–Crippen LogP) is 7.62. The minimum absolute atomic E-state index is 0.0969. The van der Waals surface area contributed by atoms with Crippen molar-refractivity contribution in [2.75, 3.05) is 12.0 Å². The lowest BCUT2D eigenvalue weighted by molar-refractivity contribution is -0.122. The van der Waals surface area contributed by atoms with Crippen LogP contribution in [0, 0.1) is 5.82 Å². The maximum atomic E-state index is 14.0. The molecule has 1 aliphatic heterocycles. The first-order chi connectivity index (χ1) is 21.1. The molecule has 0 saturated carbocycles. The van der Waals surface area contributed by atoms with E-state index in [-0.39, 0.29) is 41.0 Å². The van der Waals surface area contributed by atoms with Gasteiger partial charge in [-0.2, -0.15) is 0 Å². The number of carbonyl (C=O) groups excluding carboxylic acids is 3. The normalized spacial score (nSPS) is 14.1. The number of barbiturate groups is 1. The lowest BCUT2D eigenvalue weighted by Crippen LogP contribution is -2.54. The highest BCUT2D eigenvalue weighted by atomic mass is 35.5. The second kappa shape index (κ2) is 13.4. The number of ether oxygens (including phenoxy) is 3. The van der Waals surface area contributed by atoms with Crippen LogP contribution in [-0.2, 0) is 22.8 Å². The fraction of sp³-hybridized carbons (Fsp3) is 0.0938. The topological polar surface area (TPSA) is 94.2 Å². The number of carbonyl (C=O) groups is 3. The molecular weight excluding hydrogens is 634 g/mol. The summed E-state index contributed by atoms with van der Waals surface area (Å²) >= 11 is 18.6. The third-order valence-corrected chi connectivity index (χ3v) is 7.37. The molecule has 12 heteroatoms. The number of hydrogen-bond donors (Lipinski definition) is 1. The number of benzene rings is 4. The maximum absolute atomic E-state index is 14.0. The van der Waals surface area contributed by atoms with Gasteiger partial charge in [0.05, 0.1) is 17.8 Å². The van der Waals surface area contributed by atoms with Crippen LogP contribution in [0.15, 0.2) is 84.4 Å². The molecule has 1 fully saturated rings. The van der Waals surface area contributed by atoms with Crippen molar-refractivity contribution in [3.05, 3.63) is 122 Å². The zero-order chi connectivity index (χ0) is 31.4. The first kappa shape index (κ1) is 30.9. The van der Waals surface area contributed by atoms with E-state index >= 15 is 0 Å². The SMILES string of the molecule is COc1cc(/C=C2\C(=O)NC(=O)N(c3ccc(OCc4ccc(Cl)cc4Cl)cc3)C2=O)cc(Cl)c1OCc1ccccc1F. The van der Waals surface area contributed by atoms with Gasteiger partial charge >= 0.3 is 6.03 Å². The highest BCUT2D eigenvalue weighted by molar-refractivity contribution is 6.39. The first-order valence-electron chi connectivity index (χ1n) is 13.0. The minimum atomic E-state index is -0.911. The summed E-state index contributed by atoms with van der Waals surface area (Å²) in [5.41, 5.74) is 1.25. The fourth-order valence-electron chi connectivity index (χ4n) is 4.28. The zero-order valence-electron chi connectivity index (χ0n) is 22.9. The van der Waals surface area contributed by atoms with E-state index in [9.17, 15) is 18.8 Å². The third kappa shape index (κ3) is 6.81. The zero-order valence-corrected chi connectivity index (χ0v) is 25.2. The number of urea groups is 1. The second-order valence-electron chi connectivity index (χ2n) is 9.39. The van der Waals surface area contributed by atoms with Crippen molar-refractivity contribution < 1.29 is 33.0 Å². The molecule has 1 saturated heterocycles. The van der Waals surface area contributed by atoms with E-state index in [2.05, 4.69) is 5.32 Å². The summed E-state index contributed by atoms with van der Waals surface area (Å²) in [6, 6.07) is 19.4. The highest BCUT2D eigenvalue weighted by Gasteiger charge is 2.37. The fourth-order valence-corrected chi connectivity index (χ4v) is 5.02. The van der Waals surface area contributed by atoms with Gasteiger partial charge in [0.25, 0.3) is 11.8 Å². The molecule has 0 unspecified atom stereocenters. The molecule has 1 aliphatic rings. The lowest BCUT2D eigenvalue weighted by Gasteiger charge is -2.26. The quantitative estimate of drug-likeness (QED) is 0.147. The van der Waals surface area contributed by atoms with Gasteiger partial charge in [-0.05, 0) is 66.2 Å². The van der Waals surface area contributed by atoms with Crippen LogP contribution in [0.1, 0.15) is 16.7 Å². The summed E-state index contributed by atoms with van der Waals surface area (Å²) < 4.78 is 30.9. The van der Waals surface area contributed by atoms with Gasteiger partial charge in [-0.25, -0.2) is 14.1 Å². The van der Waals surface area contributed by atoms with Gasteiger partial charge in [0, 0.05) is 21.2 Å². The van der Waals surface area contributed by atoms with Crippen LogP contribution in [0.2, 0.25) is 15.1 Å². The Bertz CT molecular complexity index is 1800. The Morgan fingerprint density at radius 1 is 0.841 bits per heavy atom. The molecule has 1 heterocycles. The molecule has 0 spiro atoms. The Balaban J connectivity index is 1.34. The molecular formula is C32H22Cl3FN2O6. The van der Waals surface area contributed by atoms with E-state index in [4.69, 9.17) is 49.0 Å². The van der Waals surface area contributed by atoms with Crippen LogP contribution in [0.4, 0.5) is 14.9 Å². The molecule has 8 nitrogen and oxygen atoms in total. The Morgan fingerprint density at radius 2 is 1.57 bits per heavy atom. The van der Waals surface area contributed by atoms with Crippen LogP contribution in [0.25, 0.3) is 6.08 Å². The molecule has 1 N–H and O–H groups in total. The number of hydrogen-bond acceptors (Lipinski definition) is 6. The van der Waals surface area contributed by atoms with Crippen molar-refractivity contribution in [2.24, 2.45) is 0 Å². The Kier molecular flexibility index (Phi) is 9.39. The van der Waals surface area contributed by atoms with E-state index < -0.39 is 23.7 Å². The van der Waals surface area contributed by atoms with Gasteiger partial charge in [0.1, 0.15) is 30.4 Å².